The van der Waals surface area contributed by atoms with Crippen LogP contribution >= 0.6 is 7.82 Å². The van der Waals surface area contributed by atoms with Crippen molar-refractivity contribution in [2.75, 3.05) is 26.4 Å². The maximum absolute atomic E-state index is 12.6. The summed E-state index contributed by atoms with van der Waals surface area (Å²) >= 11 is 0. The summed E-state index contributed by atoms with van der Waals surface area (Å²) in [5, 5.41) is 0. The van der Waals surface area contributed by atoms with Crippen LogP contribution in [0.25, 0.3) is 0 Å². The summed E-state index contributed by atoms with van der Waals surface area (Å²) in [5.41, 5.74) is 5.35. The molecule has 0 aliphatic rings. The second kappa shape index (κ2) is 44.1. The number of hydrogen-bond acceptors (Lipinski definition) is 8. The van der Waals surface area contributed by atoms with E-state index in [1.165, 1.54) is 154 Å². The molecule has 9 nitrogen and oxygen atoms in total. The third-order valence-electron chi connectivity index (χ3n) is 10.3. The van der Waals surface area contributed by atoms with Crippen molar-refractivity contribution in [3.63, 3.8) is 0 Å². The molecule has 2 atom stereocenters. The Hall–Kier alpha value is -1.51. The van der Waals surface area contributed by atoms with E-state index in [1.807, 2.05) is 0 Å². The minimum absolute atomic E-state index is 0.0512. The summed E-state index contributed by atoms with van der Waals surface area (Å²) in [4.78, 5) is 34.9. The summed E-state index contributed by atoms with van der Waals surface area (Å²) in [5.74, 6) is -0.856. The van der Waals surface area contributed by atoms with Gasteiger partial charge in [0.25, 0.3) is 0 Å². The van der Waals surface area contributed by atoms with E-state index in [-0.39, 0.29) is 32.6 Å². The molecule has 0 bridgehead atoms. The number of esters is 2. The van der Waals surface area contributed by atoms with Crippen molar-refractivity contribution in [2.24, 2.45) is 5.73 Å². The number of carbonyl (C=O) groups excluding carboxylic acids is 2. The lowest BCUT2D eigenvalue weighted by Gasteiger charge is -2.19. The van der Waals surface area contributed by atoms with Gasteiger partial charge in [0.05, 0.1) is 13.2 Å². The molecular formula is C47H90NO8P. The molecule has 0 spiro atoms. The van der Waals surface area contributed by atoms with Gasteiger partial charge in [0, 0.05) is 19.4 Å². The van der Waals surface area contributed by atoms with Crippen LogP contribution in [0.15, 0.2) is 24.3 Å². The average Bonchev–Trinajstić information content (AvgIpc) is 3.20. The maximum Gasteiger partial charge on any atom is 0.472 e. The maximum atomic E-state index is 12.6. The average molecular weight is 828 g/mol. The van der Waals surface area contributed by atoms with Gasteiger partial charge in [-0.2, -0.15) is 0 Å². The zero-order valence-electron chi connectivity index (χ0n) is 37.1. The standard InChI is InChI=1S/C47H90NO8P/c1-3-5-7-9-11-13-15-17-19-20-21-22-23-24-26-28-30-32-34-36-38-40-47(50)56-45(44-55-57(51,52)54-42-41-48)43-53-46(49)39-37-35-33-31-29-27-25-18-16-14-12-10-8-6-4-2/h18,25,29,31,45H,3-17,19-24,26-28,30,32-44,48H2,1-2H3,(H,51,52)/b25-18+,31-29+/t45-/m1/s1. The van der Waals surface area contributed by atoms with Gasteiger partial charge in [0.2, 0.25) is 0 Å². The highest BCUT2D eigenvalue weighted by atomic mass is 31.2. The summed E-state index contributed by atoms with van der Waals surface area (Å²) in [6.07, 6.45) is 47.9. The van der Waals surface area contributed by atoms with Crippen LogP contribution in [0, 0.1) is 0 Å². The number of phosphoric ester groups is 1. The van der Waals surface area contributed by atoms with Crippen LogP contribution in [0.5, 0.6) is 0 Å². The lowest BCUT2D eigenvalue weighted by atomic mass is 10.0. The van der Waals surface area contributed by atoms with Crippen LogP contribution in [-0.2, 0) is 32.7 Å². The smallest absolute Gasteiger partial charge is 0.462 e. The van der Waals surface area contributed by atoms with Crippen LogP contribution in [0.1, 0.15) is 232 Å². The van der Waals surface area contributed by atoms with E-state index in [0.29, 0.717) is 12.8 Å². The second-order valence-corrected chi connectivity index (χ2v) is 17.4. The molecule has 0 amide bonds. The largest absolute Gasteiger partial charge is 0.472 e. The number of phosphoric acid groups is 1. The van der Waals surface area contributed by atoms with Crippen molar-refractivity contribution in [1.82, 2.24) is 0 Å². The van der Waals surface area contributed by atoms with Gasteiger partial charge < -0.3 is 20.1 Å². The molecular weight excluding hydrogens is 737 g/mol. The van der Waals surface area contributed by atoms with E-state index >= 15 is 0 Å². The van der Waals surface area contributed by atoms with Crippen molar-refractivity contribution < 1.29 is 37.6 Å². The van der Waals surface area contributed by atoms with E-state index in [2.05, 4.69) is 38.2 Å². The number of nitrogens with two attached hydrogens (primary N) is 1. The zero-order valence-corrected chi connectivity index (χ0v) is 38.0. The van der Waals surface area contributed by atoms with E-state index in [0.717, 1.165) is 38.5 Å². The van der Waals surface area contributed by atoms with Crippen LogP contribution in [-0.4, -0.2) is 49.3 Å². The molecule has 0 aromatic carbocycles. The quantitative estimate of drug-likeness (QED) is 0.0266. The highest BCUT2D eigenvalue weighted by Crippen LogP contribution is 2.43. The van der Waals surface area contributed by atoms with Crippen LogP contribution in [0.4, 0.5) is 0 Å². The molecule has 0 aromatic heterocycles. The van der Waals surface area contributed by atoms with E-state index in [4.69, 9.17) is 24.3 Å². The van der Waals surface area contributed by atoms with Gasteiger partial charge in [0.1, 0.15) is 6.61 Å². The lowest BCUT2D eigenvalue weighted by Crippen LogP contribution is -2.29. The number of ether oxygens (including phenoxy) is 2. The molecule has 0 saturated carbocycles. The molecule has 3 N–H and O–H groups in total. The van der Waals surface area contributed by atoms with Gasteiger partial charge in [-0.15, -0.1) is 0 Å². The Morgan fingerprint density at radius 3 is 1.37 bits per heavy atom. The first-order valence-corrected chi connectivity index (χ1v) is 25.3. The number of rotatable bonds is 45. The second-order valence-electron chi connectivity index (χ2n) is 16.0. The fourth-order valence-electron chi connectivity index (χ4n) is 6.78. The normalized spacial score (nSPS) is 13.4. The highest BCUT2D eigenvalue weighted by Gasteiger charge is 2.26. The van der Waals surface area contributed by atoms with Crippen molar-refractivity contribution in [2.45, 2.75) is 238 Å². The Kier molecular flexibility index (Phi) is 42.9. The fourth-order valence-corrected chi connectivity index (χ4v) is 7.55. The van der Waals surface area contributed by atoms with Gasteiger partial charge in [-0.3, -0.25) is 18.6 Å². The topological polar surface area (TPSA) is 134 Å². The fraction of sp³-hybridized carbons (Fsp3) is 0.872. The van der Waals surface area contributed by atoms with Crippen LogP contribution in [0.3, 0.4) is 0 Å². The Balaban J connectivity index is 4.08. The molecule has 57 heavy (non-hydrogen) atoms. The third kappa shape index (κ3) is 43.9. The molecule has 0 heterocycles. The molecule has 0 fully saturated rings. The molecule has 0 rings (SSSR count). The monoisotopic (exact) mass is 828 g/mol. The number of carbonyl (C=O) groups is 2. The van der Waals surface area contributed by atoms with E-state index in [9.17, 15) is 19.0 Å². The first-order chi connectivity index (χ1) is 27.8. The Morgan fingerprint density at radius 2 is 0.912 bits per heavy atom. The number of hydrogen-bond donors (Lipinski definition) is 2. The molecule has 10 heteroatoms. The number of allylic oxidation sites excluding steroid dienone is 4. The SMILES string of the molecule is CCCCCCCC/C=C/C/C=C/CCCCC(=O)OC[C@H](COP(=O)(O)OCCN)OC(=O)CCCCCCCCCCCCCCCCCCCCCCC. The van der Waals surface area contributed by atoms with Gasteiger partial charge in [-0.1, -0.05) is 199 Å². The third-order valence-corrected chi connectivity index (χ3v) is 11.3. The van der Waals surface area contributed by atoms with E-state index < -0.39 is 32.5 Å². The molecule has 1 unspecified atom stereocenters. The predicted molar refractivity (Wildman–Crippen MR) is 238 cm³/mol. The first-order valence-electron chi connectivity index (χ1n) is 23.8. The Bertz CT molecular complexity index is 990. The zero-order chi connectivity index (χ0) is 41.8. The Morgan fingerprint density at radius 1 is 0.526 bits per heavy atom. The minimum atomic E-state index is -4.38. The molecule has 0 radical (unpaired) electrons. The van der Waals surface area contributed by atoms with Crippen LogP contribution < -0.4 is 5.73 Å². The molecule has 0 saturated heterocycles. The lowest BCUT2D eigenvalue weighted by molar-refractivity contribution is -0.161. The summed E-state index contributed by atoms with van der Waals surface area (Å²) in [6, 6.07) is 0. The highest BCUT2D eigenvalue weighted by molar-refractivity contribution is 7.47. The van der Waals surface area contributed by atoms with Gasteiger partial charge >= 0.3 is 19.8 Å². The van der Waals surface area contributed by atoms with Crippen LogP contribution in [0.2, 0.25) is 0 Å². The summed E-state index contributed by atoms with van der Waals surface area (Å²) in [7, 11) is -4.38. The molecule has 336 valence electrons. The van der Waals surface area contributed by atoms with Gasteiger partial charge in [-0.25, -0.2) is 4.57 Å². The number of unbranched alkanes of at least 4 members (excludes halogenated alkanes) is 28. The Labute approximate surface area is 351 Å². The molecule has 0 aromatic rings. The van der Waals surface area contributed by atoms with E-state index in [1.54, 1.807) is 0 Å². The predicted octanol–water partition coefficient (Wildman–Crippen LogP) is 13.9. The molecule has 0 aliphatic carbocycles. The van der Waals surface area contributed by atoms with Gasteiger partial charge in [-0.05, 0) is 44.9 Å². The summed E-state index contributed by atoms with van der Waals surface area (Å²) < 4.78 is 32.8. The van der Waals surface area contributed by atoms with Crippen molar-refractivity contribution >= 4 is 19.8 Å². The van der Waals surface area contributed by atoms with Crippen molar-refractivity contribution in [3.8, 4) is 0 Å². The van der Waals surface area contributed by atoms with Crippen molar-refractivity contribution in [1.29, 1.82) is 0 Å². The summed E-state index contributed by atoms with van der Waals surface area (Å²) in [6.45, 7) is 3.72. The van der Waals surface area contributed by atoms with Crippen molar-refractivity contribution in [3.05, 3.63) is 24.3 Å². The first kappa shape index (κ1) is 55.5. The van der Waals surface area contributed by atoms with Gasteiger partial charge in [0.15, 0.2) is 6.10 Å². The molecule has 0 aliphatic heterocycles. The minimum Gasteiger partial charge on any atom is -0.462 e.